The van der Waals surface area contributed by atoms with Crippen LogP contribution in [0.15, 0.2) is 72.0 Å². The van der Waals surface area contributed by atoms with Crippen LogP contribution in [0.1, 0.15) is 78.3 Å². The van der Waals surface area contributed by atoms with Crippen molar-refractivity contribution < 1.29 is 17.9 Å². The van der Waals surface area contributed by atoms with Gasteiger partial charge in [0, 0.05) is 24.5 Å². The van der Waals surface area contributed by atoms with Gasteiger partial charge < -0.3 is 15.0 Å². The molecule has 3 heterocycles. The second kappa shape index (κ2) is 12.6. The van der Waals surface area contributed by atoms with Gasteiger partial charge in [-0.05, 0) is 87.1 Å². The average Bonchev–Trinajstić information content (AvgIpc) is 3.72. The summed E-state index contributed by atoms with van der Waals surface area (Å²) in [5.74, 6) is -0.230. The van der Waals surface area contributed by atoms with Crippen molar-refractivity contribution in [2.45, 2.75) is 83.5 Å². The average molecular weight is 656 g/mol. The maximum Gasteiger partial charge on any atom is 0.269 e. The zero-order valence-corrected chi connectivity index (χ0v) is 28.4. The van der Waals surface area contributed by atoms with E-state index in [1.165, 1.54) is 16.8 Å². The molecule has 2 atom stereocenters. The van der Waals surface area contributed by atoms with Gasteiger partial charge in [0.15, 0.2) is 0 Å². The van der Waals surface area contributed by atoms with Crippen molar-refractivity contribution in [3.63, 3.8) is 0 Å². The molecule has 0 aliphatic carbocycles. The third-order valence-corrected chi connectivity index (χ3v) is 11.0. The Hall–Kier alpha value is -4.55. The molecule has 5 aromatic rings. The Balaban J connectivity index is 1.45. The molecule has 47 heavy (non-hydrogen) atoms. The van der Waals surface area contributed by atoms with Crippen LogP contribution in [0.2, 0.25) is 0 Å². The Morgan fingerprint density at radius 3 is 2.64 bits per heavy atom. The number of nitrogens with one attached hydrogen (secondary N) is 2. The molecule has 0 bridgehead atoms. The van der Waals surface area contributed by atoms with Crippen LogP contribution < -0.4 is 10.1 Å². The number of amides is 1. The molecule has 1 aliphatic rings. The molecule has 12 heteroatoms. The van der Waals surface area contributed by atoms with E-state index in [0.29, 0.717) is 24.4 Å². The lowest BCUT2D eigenvalue weighted by atomic mass is 9.74. The van der Waals surface area contributed by atoms with Gasteiger partial charge in [-0.15, -0.1) is 5.10 Å². The van der Waals surface area contributed by atoms with Crippen LogP contribution in [0.4, 0.5) is 0 Å². The molecule has 0 spiro atoms. The number of benzene rings is 3. The van der Waals surface area contributed by atoms with Gasteiger partial charge in [-0.1, -0.05) is 48.5 Å². The van der Waals surface area contributed by atoms with Crippen molar-refractivity contribution in [1.29, 1.82) is 0 Å². The first-order valence-corrected chi connectivity index (χ1v) is 17.4. The number of rotatable bonds is 9. The molecule has 0 unspecified atom stereocenters. The number of para-hydroxylation sites is 1. The number of fused-ring (bicyclic) bond motifs is 2. The minimum Gasteiger partial charge on any atom is -0.488 e. The number of sulfonamides is 1. The number of imidazole rings is 1. The third-order valence-electron chi connectivity index (χ3n) is 9.17. The van der Waals surface area contributed by atoms with Gasteiger partial charge in [-0.2, -0.15) is 4.31 Å². The van der Waals surface area contributed by atoms with Crippen molar-refractivity contribution in [2.75, 3.05) is 6.54 Å². The van der Waals surface area contributed by atoms with Gasteiger partial charge in [0.1, 0.15) is 28.0 Å². The van der Waals surface area contributed by atoms with E-state index in [4.69, 9.17) is 4.74 Å². The Labute approximate surface area is 275 Å². The number of H-pyrrole nitrogens is 1. The van der Waals surface area contributed by atoms with Gasteiger partial charge >= 0.3 is 0 Å². The van der Waals surface area contributed by atoms with Gasteiger partial charge in [-0.25, -0.2) is 18.1 Å². The summed E-state index contributed by atoms with van der Waals surface area (Å²) < 4.78 is 37.6. The number of hydrogen-bond acceptors (Lipinski definition) is 7. The zero-order valence-electron chi connectivity index (χ0n) is 27.6. The highest BCUT2D eigenvalue weighted by atomic mass is 32.2. The van der Waals surface area contributed by atoms with Crippen molar-refractivity contribution >= 4 is 27.0 Å². The molecule has 246 valence electrons. The number of aromatic nitrogens is 5. The first-order valence-electron chi connectivity index (χ1n) is 15.9. The van der Waals surface area contributed by atoms with E-state index < -0.39 is 15.6 Å². The molecular weight excluding hydrogens is 614 g/mol. The number of aromatic amines is 1. The van der Waals surface area contributed by atoms with Crippen LogP contribution in [0, 0.1) is 13.8 Å². The highest BCUT2D eigenvalue weighted by molar-refractivity contribution is 7.89. The van der Waals surface area contributed by atoms with E-state index in [1.807, 2.05) is 58.4 Å². The molecule has 6 rings (SSSR count). The summed E-state index contributed by atoms with van der Waals surface area (Å²) in [6, 6.07) is 17.1. The lowest BCUT2D eigenvalue weighted by Gasteiger charge is -2.37. The van der Waals surface area contributed by atoms with E-state index >= 15 is 0 Å². The molecule has 0 saturated heterocycles. The van der Waals surface area contributed by atoms with Gasteiger partial charge in [0.25, 0.3) is 5.91 Å². The van der Waals surface area contributed by atoms with Crippen molar-refractivity contribution in [1.82, 2.24) is 34.6 Å². The highest BCUT2D eigenvalue weighted by Crippen LogP contribution is 2.40. The van der Waals surface area contributed by atoms with Gasteiger partial charge in [-0.3, -0.25) is 4.79 Å². The molecule has 0 radical (unpaired) electrons. The smallest absolute Gasteiger partial charge is 0.269 e. The van der Waals surface area contributed by atoms with Crippen LogP contribution in [0.3, 0.4) is 0 Å². The Morgan fingerprint density at radius 1 is 1.13 bits per heavy atom. The normalized spacial score (nSPS) is 17.1. The Kier molecular flexibility index (Phi) is 8.66. The van der Waals surface area contributed by atoms with Crippen molar-refractivity contribution in [2.24, 2.45) is 0 Å². The summed E-state index contributed by atoms with van der Waals surface area (Å²) in [5.41, 5.74) is 6.02. The predicted molar refractivity (Wildman–Crippen MR) is 180 cm³/mol. The number of carbonyl (C=O) groups is 1. The van der Waals surface area contributed by atoms with Crippen molar-refractivity contribution in [3.05, 3.63) is 101 Å². The molecule has 0 saturated carbocycles. The second-order valence-electron chi connectivity index (χ2n) is 12.7. The van der Waals surface area contributed by atoms with Crippen LogP contribution in [-0.2, 0) is 23.1 Å². The molecule has 11 nitrogen and oxygen atoms in total. The summed E-state index contributed by atoms with van der Waals surface area (Å²) in [6.07, 6.45) is 3.35. The van der Waals surface area contributed by atoms with E-state index in [1.54, 1.807) is 24.3 Å². The summed E-state index contributed by atoms with van der Waals surface area (Å²) in [5, 5.41) is 12.1. The molecule has 2 aromatic heterocycles. The summed E-state index contributed by atoms with van der Waals surface area (Å²) in [7, 11) is -3.84. The number of aryl methyl sites for hydroxylation is 3. The quantitative estimate of drug-likeness (QED) is 0.214. The minimum absolute atomic E-state index is 0.173. The Bertz CT molecular complexity index is 2040. The van der Waals surface area contributed by atoms with E-state index in [2.05, 4.69) is 43.8 Å². The van der Waals surface area contributed by atoms with Crippen LogP contribution in [0.5, 0.6) is 5.75 Å². The summed E-state index contributed by atoms with van der Waals surface area (Å²) >= 11 is 0. The zero-order chi connectivity index (χ0) is 33.5. The van der Waals surface area contributed by atoms with Crippen LogP contribution >= 0.6 is 0 Å². The number of hydrogen-bond donors (Lipinski definition) is 2. The maximum absolute atomic E-state index is 14.0. The fourth-order valence-corrected chi connectivity index (χ4v) is 8.13. The first kappa shape index (κ1) is 32.4. The van der Waals surface area contributed by atoms with Gasteiger partial charge in [0.2, 0.25) is 10.0 Å². The molecular formula is C35H41N7O4S. The Morgan fingerprint density at radius 2 is 1.91 bits per heavy atom. The van der Waals surface area contributed by atoms with E-state index in [9.17, 15) is 13.2 Å². The highest BCUT2D eigenvalue weighted by Gasteiger charge is 2.37. The summed E-state index contributed by atoms with van der Waals surface area (Å²) in [6.45, 7) is 13.1. The topological polar surface area (TPSA) is 135 Å². The molecule has 3 aromatic carbocycles. The first-order chi connectivity index (χ1) is 22.4. The van der Waals surface area contributed by atoms with E-state index in [-0.39, 0.29) is 35.9 Å². The number of carbonyl (C=O) groups excluding carboxylic acids is 1. The van der Waals surface area contributed by atoms with Crippen LogP contribution in [0.25, 0.3) is 11.0 Å². The minimum atomic E-state index is -3.84. The lowest BCUT2D eigenvalue weighted by Crippen LogP contribution is -2.48. The largest absolute Gasteiger partial charge is 0.488 e. The maximum atomic E-state index is 14.0. The fraction of sp³-hybridized carbons (Fsp3) is 0.371. The SMILES string of the molecule is CC[C@@H]1CN(Cc2cc([C@@H](c3ccc4c(nnn4CC)c3C)C(C)(C)NC(=O)c3cnc[nH]3)ccc2C)S(=O)(=O)c2ccccc2O1. The van der Waals surface area contributed by atoms with Crippen LogP contribution in [-0.4, -0.2) is 61.8 Å². The second-order valence-corrected chi connectivity index (χ2v) is 14.6. The number of ether oxygens (including phenoxy) is 1. The molecule has 1 aliphatic heterocycles. The van der Waals surface area contributed by atoms with Gasteiger partial charge in [0.05, 0.1) is 24.6 Å². The van der Waals surface area contributed by atoms with Crippen molar-refractivity contribution in [3.8, 4) is 5.75 Å². The third kappa shape index (κ3) is 6.03. The molecule has 0 fully saturated rings. The standard InChI is InChI=1S/C35H41N7O4S/c1-7-26-20-41(47(44,45)31-12-10-9-11-30(31)46-26)19-25-17-24(14-13-22(25)3)32(35(5,6)38-34(43)28-18-36-21-37-28)27-15-16-29-33(23(27)4)39-40-42(29)8-2/h9-18,21,26,32H,7-8,19-20H2,1-6H3,(H,36,37)(H,38,43)/t26-,32+/m1/s1. The fourth-order valence-electron chi connectivity index (χ4n) is 6.56. The monoisotopic (exact) mass is 655 g/mol. The molecule has 2 N–H and O–H groups in total. The van der Waals surface area contributed by atoms with E-state index in [0.717, 1.165) is 38.9 Å². The predicted octanol–water partition coefficient (Wildman–Crippen LogP) is 5.49. The molecule has 1 amide bonds. The number of nitrogens with zero attached hydrogens (tertiary/aromatic N) is 5. The lowest BCUT2D eigenvalue weighted by molar-refractivity contribution is 0.0901. The summed E-state index contributed by atoms with van der Waals surface area (Å²) in [4.78, 5) is 20.5.